The molecule has 0 aliphatic carbocycles. The van der Waals surface area contributed by atoms with Gasteiger partial charge in [0.1, 0.15) is 0 Å². The predicted octanol–water partition coefficient (Wildman–Crippen LogP) is -7.21. The maximum atomic E-state index is 7.38. The van der Waals surface area contributed by atoms with Crippen LogP contribution in [0.1, 0.15) is 0 Å². The van der Waals surface area contributed by atoms with Gasteiger partial charge in [0.15, 0.2) is 0 Å². The minimum absolute atomic E-state index is 0. The molecule has 0 unspecified atom stereocenters. The van der Waals surface area contributed by atoms with E-state index in [-0.39, 0.29) is 140 Å². The molecule has 0 aromatic heterocycles. The van der Waals surface area contributed by atoms with E-state index >= 15 is 0 Å². The van der Waals surface area contributed by atoms with Crippen LogP contribution < -0.4 is 0 Å². The summed E-state index contributed by atoms with van der Waals surface area (Å²) in [5.41, 5.74) is 0. The zero-order valence-corrected chi connectivity index (χ0v) is 7.70. The van der Waals surface area contributed by atoms with Gasteiger partial charge < -0.3 is 0 Å². The van der Waals surface area contributed by atoms with E-state index in [1.807, 2.05) is 0 Å². The van der Waals surface area contributed by atoms with Crippen molar-refractivity contribution in [3.05, 3.63) is 0 Å². The molecule has 0 aliphatic heterocycles. The first-order chi connectivity index (χ1) is 4.00. The summed E-state index contributed by atoms with van der Waals surface area (Å²) in [6.07, 6.45) is 0. The van der Waals surface area contributed by atoms with Crippen LogP contribution in [0.15, 0.2) is 0 Å². The Hall–Kier alpha value is 5.64. The van der Waals surface area contributed by atoms with E-state index in [4.69, 9.17) is 29.5 Å². The van der Waals surface area contributed by atoms with Gasteiger partial charge in [-0.25, -0.2) is 0 Å². The fourth-order valence-electron chi connectivity index (χ4n) is 0. The SMILES string of the molecule is [BaH2].[OH][Ti]([OH])([OH])[OH].[OH][Ti]([OH])([OH])[OH].[SrH2].[SrH2]. The molecule has 0 radical (unpaired) electrons. The summed E-state index contributed by atoms with van der Waals surface area (Å²) in [5, 5.41) is 0. The average Bonchev–Trinajstić information content (AvgIpc) is 1.12. The number of hydrogen-bond donors (Lipinski definition) is 8. The normalized spacial score (nSPS) is 9.23. The molecule has 0 rings (SSSR count). The molecule has 0 saturated heterocycles. The Kier molecular flexibility index (Phi) is 37.6. The fraction of sp³-hybridized carbons (Fsp3) is 0. The van der Waals surface area contributed by atoms with Gasteiger partial charge in [0.25, 0.3) is 0 Å². The first-order valence-electron chi connectivity index (χ1n) is 1.79. The van der Waals surface area contributed by atoms with Crippen molar-refractivity contribution in [2.75, 3.05) is 0 Å². The van der Waals surface area contributed by atoms with Crippen LogP contribution in [0.5, 0.6) is 0 Å². The molecular weight excluding hydrogens is 536 g/mol. The quantitative estimate of drug-likeness (QED) is 0.138. The Labute approximate surface area is 199 Å². The number of rotatable bonds is 0. The van der Waals surface area contributed by atoms with E-state index in [0.717, 1.165) is 0 Å². The molecule has 0 heterocycles. The molecule has 0 bridgehead atoms. The van der Waals surface area contributed by atoms with Gasteiger partial charge in [-0.15, -0.1) is 0 Å². The van der Waals surface area contributed by atoms with Gasteiger partial charge in [0.2, 0.25) is 0 Å². The molecule has 0 aliphatic rings. The van der Waals surface area contributed by atoms with Gasteiger partial charge >= 0.3 is 206 Å². The third kappa shape index (κ3) is 136. The Morgan fingerprint density at radius 1 is 0.462 bits per heavy atom. The van der Waals surface area contributed by atoms with Crippen LogP contribution in [0.2, 0.25) is 0 Å². The van der Waals surface area contributed by atoms with Gasteiger partial charge in [-0.05, 0) is 0 Å². The Morgan fingerprint density at radius 2 is 0.462 bits per heavy atom. The summed E-state index contributed by atoms with van der Waals surface area (Å²) in [6.45, 7) is 0. The van der Waals surface area contributed by atoms with Crippen molar-refractivity contribution in [2.24, 2.45) is 0 Å². The first kappa shape index (κ1) is 31.2. The molecule has 0 aromatic rings. The molecular formula is H14BaO8Sr2Ti2. The van der Waals surface area contributed by atoms with Crippen LogP contribution in [-0.2, 0) is 36.3 Å². The summed E-state index contributed by atoms with van der Waals surface area (Å²) in [7, 11) is 0. The van der Waals surface area contributed by atoms with Crippen molar-refractivity contribution in [1.82, 2.24) is 0 Å². The molecule has 13 heteroatoms. The second kappa shape index (κ2) is 15.7. The van der Waals surface area contributed by atoms with E-state index < -0.39 is 36.3 Å². The van der Waals surface area contributed by atoms with Gasteiger partial charge in [0.05, 0.1) is 0 Å². The third-order valence-electron chi connectivity index (χ3n) is 0. The minimum atomic E-state index is -5.00. The zero-order chi connectivity index (χ0) is 9.00. The monoisotopic (exact) mass is 552 g/mol. The molecule has 8 N–H and O–H groups in total. The van der Waals surface area contributed by atoms with Crippen LogP contribution in [-0.4, -0.2) is 169 Å². The van der Waals surface area contributed by atoms with E-state index in [9.17, 15) is 0 Å². The van der Waals surface area contributed by atoms with Crippen molar-refractivity contribution < 1.29 is 65.8 Å². The van der Waals surface area contributed by atoms with Crippen molar-refractivity contribution in [1.29, 1.82) is 0 Å². The van der Waals surface area contributed by atoms with Gasteiger partial charge in [-0.1, -0.05) is 0 Å². The predicted molar refractivity (Wildman–Crippen MR) is 43.4 cm³/mol. The molecule has 13 heavy (non-hydrogen) atoms. The standard InChI is InChI=1S/Ba.8H2O.2Sr.2Ti.6H/h;8*1H2;;;;;;;;;;/q;;;;;;;;;;;2*+4;;;;;;/p-8. The zero-order valence-electron chi connectivity index (χ0n) is 4.58. The van der Waals surface area contributed by atoms with Gasteiger partial charge in [-0.2, -0.15) is 0 Å². The van der Waals surface area contributed by atoms with E-state index in [1.54, 1.807) is 0 Å². The van der Waals surface area contributed by atoms with Gasteiger partial charge in [-0.3, -0.25) is 0 Å². The molecule has 76 valence electrons. The number of hydrogen-bond acceptors (Lipinski definition) is 8. The summed E-state index contributed by atoms with van der Waals surface area (Å²) in [4.78, 5) is 0. The molecule has 0 spiro atoms. The molecule has 0 fully saturated rings. The Bertz CT molecular complexity index is 63.1. The first-order valence-corrected chi connectivity index (χ1v) is 7.38. The molecule has 8 nitrogen and oxygen atoms in total. The third-order valence-corrected chi connectivity index (χ3v) is 0. The van der Waals surface area contributed by atoms with Crippen molar-refractivity contribution in [2.45, 2.75) is 0 Å². The molecule has 0 aromatic carbocycles. The Morgan fingerprint density at radius 3 is 0.462 bits per heavy atom. The van der Waals surface area contributed by atoms with Crippen molar-refractivity contribution in [3.63, 3.8) is 0 Å². The topological polar surface area (TPSA) is 162 Å². The van der Waals surface area contributed by atoms with Crippen molar-refractivity contribution >= 4 is 140 Å². The van der Waals surface area contributed by atoms with Crippen molar-refractivity contribution in [3.8, 4) is 0 Å². The average molecular weight is 550 g/mol. The second-order valence-electron chi connectivity index (χ2n) is 1.20. The van der Waals surface area contributed by atoms with Crippen LogP contribution in [0.3, 0.4) is 0 Å². The summed E-state index contributed by atoms with van der Waals surface area (Å²) < 4.78 is 59.0. The summed E-state index contributed by atoms with van der Waals surface area (Å²) >= 11 is -10.0. The summed E-state index contributed by atoms with van der Waals surface area (Å²) in [6, 6.07) is 0. The fourth-order valence-corrected chi connectivity index (χ4v) is 0. The van der Waals surface area contributed by atoms with Crippen LogP contribution >= 0.6 is 0 Å². The van der Waals surface area contributed by atoms with E-state index in [0.29, 0.717) is 0 Å². The van der Waals surface area contributed by atoms with Crippen LogP contribution in [0.4, 0.5) is 0 Å². The summed E-state index contributed by atoms with van der Waals surface area (Å²) in [5.74, 6) is 0. The van der Waals surface area contributed by atoms with Gasteiger partial charge in [0, 0.05) is 0 Å². The van der Waals surface area contributed by atoms with E-state index in [1.165, 1.54) is 0 Å². The maximum absolute atomic E-state index is 7.38. The molecule has 0 atom stereocenters. The van der Waals surface area contributed by atoms with Crippen LogP contribution in [0.25, 0.3) is 0 Å². The van der Waals surface area contributed by atoms with E-state index in [2.05, 4.69) is 0 Å². The molecule has 0 amide bonds. The van der Waals surface area contributed by atoms with Crippen LogP contribution in [0, 0.1) is 0 Å². The second-order valence-corrected chi connectivity index (χ2v) is 4.95. The molecule has 0 saturated carbocycles. The Balaban J connectivity index is -0.0000000267.